The molecule has 1 N–H and O–H groups in total. The van der Waals surface area contributed by atoms with Gasteiger partial charge in [-0.1, -0.05) is 42.3 Å². The normalized spacial score (nSPS) is 36.4. The van der Waals surface area contributed by atoms with Gasteiger partial charge < -0.3 is 5.11 Å². The van der Waals surface area contributed by atoms with E-state index in [2.05, 4.69) is 35.8 Å². The molecule has 0 heterocycles. The number of Topliss-reactive ketones (excluding diaryl/α,β-unsaturated/α-hetero) is 1. The van der Waals surface area contributed by atoms with Crippen molar-refractivity contribution in [2.45, 2.75) is 45.6 Å². The molecule has 0 aliphatic heterocycles. The highest BCUT2D eigenvalue weighted by molar-refractivity contribution is 9.10. The summed E-state index contributed by atoms with van der Waals surface area (Å²) in [6.07, 6.45) is 3.19. The molecule has 1 spiro atoms. The van der Waals surface area contributed by atoms with Crippen molar-refractivity contribution in [2.24, 2.45) is 17.3 Å². The van der Waals surface area contributed by atoms with Crippen LogP contribution in [0, 0.1) is 17.3 Å². The van der Waals surface area contributed by atoms with Crippen LogP contribution >= 0.6 is 15.9 Å². The van der Waals surface area contributed by atoms with Crippen molar-refractivity contribution in [3.05, 3.63) is 33.8 Å². The largest absolute Gasteiger partial charge is 0.393 e. The number of benzene rings is 1. The van der Waals surface area contributed by atoms with Gasteiger partial charge in [0.05, 0.1) is 6.10 Å². The molecule has 2 aliphatic rings. The Morgan fingerprint density at radius 1 is 1.40 bits per heavy atom. The number of carbonyl (C=O) groups is 1. The van der Waals surface area contributed by atoms with Gasteiger partial charge >= 0.3 is 0 Å². The minimum atomic E-state index is -0.261. The summed E-state index contributed by atoms with van der Waals surface area (Å²) >= 11 is 3.46. The molecule has 0 bridgehead atoms. The van der Waals surface area contributed by atoms with Gasteiger partial charge in [-0.2, -0.15) is 0 Å². The molecule has 2 aliphatic carbocycles. The fraction of sp³-hybridized carbons (Fsp3) is 0.588. The summed E-state index contributed by atoms with van der Waals surface area (Å²) < 4.78 is 0.970. The molecule has 3 heteroatoms. The van der Waals surface area contributed by atoms with E-state index in [4.69, 9.17) is 0 Å². The van der Waals surface area contributed by atoms with Gasteiger partial charge in [-0.05, 0) is 48.8 Å². The molecule has 1 aromatic carbocycles. The van der Waals surface area contributed by atoms with Crippen molar-refractivity contribution >= 4 is 21.7 Å². The van der Waals surface area contributed by atoms with E-state index in [1.165, 1.54) is 5.56 Å². The van der Waals surface area contributed by atoms with Crippen molar-refractivity contribution in [1.82, 2.24) is 0 Å². The standard InChI is InChI=1S/C17H21BrO2/c1-3-11-8-17(7-10(2)15(11)19)9-12-4-5-13(18)6-14(12)16(17)20/h4-6,10-11,15,19H,3,7-9H2,1-2H3. The van der Waals surface area contributed by atoms with E-state index < -0.39 is 0 Å². The zero-order valence-electron chi connectivity index (χ0n) is 12.0. The Kier molecular flexibility index (Phi) is 3.54. The maximum atomic E-state index is 12.9. The predicted molar refractivity (Wildman–Crippen MR) is 82.8 cm³/mol. The lowest BCUT2D eigenvalue weighted by Crippen LogP contribution is -2.44. The van der Waals surface area contributed by atoms with E-state index in [9.17, 15) is 9.90 Å². The van der Waals surface area contributed by atoms with Crippen LogP contribution < -0.4 is 0 Å². The highest BCUT2D eigenvalue weighted by atomic mass is 79.9. The summed E-state index contributed by atoms with van der Waals surface area (Å²) in [5.41, 5.74) is 1.80. The summed E-state index contributed by atoms with van der Waals surface area (Å²) in [7, 11) is 0. The van der Waals surface area contributed by atoms with Crippen LogP contribution in [0.25, 0.3) is 0 Å². The smallest absolute Gasteiger partial charge is 0.169 e. The van der Waals surface area contributed by atoms with Crippen LogP contribution in [0.4, 0.5) is 0 Å². The van der Waals surface area contributed by atoms with Gasteiger partial charge in [0.25, 0.3) is 0 Å². The van der Waals surface area contributed by atoms with E-state index >= 15 is 0 Å². The molecule has 0 radical (unpaired) electrons. The molecule has 0 saturated heterocycles. The van der Waals surface area contributed by atoms with E-state index in [-0.39, 0.29) is 23.4 Å². The molecular weight excluding hydrogens is 316 g/mol. The van der Waals surface area contributed by atoms with E-state index in [0.29, 0.717) is 5.78 Å². The number of aliphatic hydroxyl groups excluding tert-OH is 1. The van der Waals surface area contributed by atoms with Gasteiger partial charge in [0.2, 0.25) is 0 Å². The zero-order valence-corrected chi connectivity index (χ0v) is 13.6. The Morgan fingerprint density at radius 2 is 2.15 bits per heavy atom. The van der Waals surface area contributed by atoms with Crippen LogP contribution in [0.1, 0.15) is 49.0 Å². The van der Waals surface area contributed by atoms with Crippen LogP contribution in [0.15, 0.2) is 22.7 Å². The van der Waals surface area contributed by atoms with Crippen molar-refractivity contribution in [3.63, 3.8) is 0 Å². The van der Waals surface area contributed by atoms with Crippen LogP contribution in [0.2, 0.25) is 0 Å². The summed E-state index contributed by atoms with van der Waals surface area (Å²) in [4.78, 5) is 12.9. The van der Waals surface area contributed by atoms with Crippen LogP contribution in [0.5, 0.6) is 0 Å². The van der Waals surface area contributed by atoms with E-state index in [0.717, 1.165) is 35.7 Å². The minimum absolute atomic E-state index is 0.204. The molecule has 1 fully saturated rings. The molecule has 1 saturated carbocycles. The zero-order chi connectivity index (χ0) is 14.5. The number of fused-ring (bicyclic) bond motifs is 1. The second-order valence-corrected chi connectivity index (χ2v) is 7.55. The maximum absolute atomic E-state index is 12.9. The van der Waals surface area contributed by atoms with E-state index in [1.807, 2.05) is 12.1 Å². The summed E-state index contributed by atoms with van der Waals surface area (Å²) in [5, 5.41) is 10.3. The SMILES string of the molecule is CCC1CC2(Cc3ccc(Br)cc3C2=O)CC(C)C1O. The number of aliphatic hydroxyl groups is 1. The average molecular weight is 337 g/mol. The molecule has 0 aromatic heterocycles. The molecule has 3 rings (SSSR count). The first-order chi connectivity index (χ1) is 9.47. The Hall–Kier alpha value is -0.670. The molecule has 108 valence electrons. The third-order valence-corrected chi connectivity index (χ3v) is 5.78. The molecule has 2 nitrogen and oxygen atoms in total. The van der Waals surface area contributed by atoms with Crippen LogP contribution in [-0.4, -0.2) is 17.0 Å². The quantitative estimate of drug-likeness (QED) is 0.841. The van der Waals surface area contributed by atoms with Crippen molar-refractivity contribution in [2.75, 3.05) is 0 Å². The molecule has 1 aromatic rings. The lowest BCUT2D eigenvalue weighted by Gasteiger charge is -2.43. The van der Waals surface area contributed by atoms with Crippen LogP contribution in [-0.2, 0) is 6.42 Å². The first kappa shape index (κ1) is 14.3. The number of rotatable bonds is 1. The first-order valence-electron chi connectivity index (χ1n) is 7.48. The third kappa shape index (κ3) is 2.06. The summed E-state index contributed by atoms with van der Waals surface area (Å²) in [6.45, 7) is 4.20. The first-order valence-corrected chi connectivity index (χ1v) is 8.27. The van der Waals surface area contributed by atoms with Crippen molar-refractivity contribution in [1.29, 1.82) is 0 Å². The van der Waals surface area contributed by atoms with Gasteiger partial charge in [-0.25, -0.2) is 0 Å². The fourth-order valence-electron chi connectivity index (χ4n) is 4.27. The molecular formula is C17H21BrO2. The Bertz CT molecular complexity index is 554. The third-order valence-electron chi connectivity index (χ3n) is 5.28. The lowest BCUT2D eigenvalue weighted by atomic mass is 9.62. The van der Waals surface area contributed by atoms with Gasteiger partial charge in [-0.3, -0.25) is 4.79 Å². The number of ketones is 1. The predicted octanol–water partition coefficient (Wildman–Crippen LogP) is 3.99. The number of halogens is 1. The van der Waals surface area contributed by atoms with Gasteiger partial charge in [0.1, 0.15) is 0 Å². The highest BCUT2D eigenvalue weighted by Gasteiger charge is 2.51. The van der Waals surface area contributed by atoms with Crippen LogP contribution in [0.3, 0.4) is 0 Å². The van der Waals surface area contributed by atoms with E-state index in [1.54, 1.807) is 0 Å². The molecule has 20 heavy (non-hydrogen) atoms. The number of hydrogen-bond donors (Lipinski definition) is 1. The van der Waals surface area contributed by atoms with Crippen molar-refractivity contribution < 1.29 is 9.90 Å². The molecule has 4 unspecified atom stereocenters. The Balaban J connectivity index is 1.97. The number of hydrogen-bond acceptors (Lipinski definition) is 2. The molecule has 0 amide bonds. The Morgan fingerprint density at radius 3 is 2.85 bits per heavy atom. The molecule has 4 atom stereocenters. The number of carbonyl (C=O) groups excluding carboxylic acids is 1. The average Bonchev–Trinajstić information content (AvgIpc) is 2.68. The maximum Gasteiger partial charge on any atom is 0.169 e. The van der Waals surface area contributed by atoms with Gasteiger partial charge in [-0.15, -0.1) is 0 Å². The summed E-state index contributed by atoms with van der Waals surface area (Å²) in [5.74, 6) is 0.752. The minimum Gasteiger partial charge on any atom is -0.393 e. The van der Waals surface area contributed by atoms with Crippen molar-refractivity contribution in [3.8, 4) is 0 Å². The second-order valence-electron chi connectivity index (χ2n) is 6.63. The topological polar surface area (TPSA) is 37.3 Å². The summed E-state index contributed by atoms with van der Waals surface area (Å²) in [6, 6.07) is 6.05. The van der Waals surface area contributed by atoms with Gasteiger partial charge in [0.15, 0.2) is 5.78 Å². The Labute approximate surface area is 128 Å². The fourth-order valence-corrected chi connectivity index (χ4v) is 4.63. The van der Waals surface area contributed by atoms with Gasteiger partial charge in [0, 0.05) is 15.5 Å². The highest BCUT2D eigenvalue weighted by Crippen LogP contribution is 2.51. The second kappa shape index (κ2) is 4.96. The lowest BCUT2D eigenvalue weighted by molar-refractivity contribution is -0.0239. The monoisotopic (exact) mass is 336 g/mol.